The molecule has 1 aliphatic rings. The molecule has 0 radical (unpaired) electrons. The lowest BCUT2D eigenvalue weighted by Crippen LogP contribution is -2.51. The molecule has 3 aromatic rings. The van der Waals surface area contributed by atoms with Crippen LogP contribution in [0.4, 0.5) is 5.69 Å². The zero-order valence-electron chi connectivity index (χ0n) is 23.0. The molecule has 4 rings (SSSR count). The molecule has 0 saturated carbocycles. The third-order valence-corrected chi connectivity index (χ3v) is 7.84. The van der Waals surface area contributed by atoms with Crippen LogP contribution in [0.2, 0.25) is 0 Å². The van der Waals surface area contributed by atoms with Crippen LogP contribution in [0.5, 0.6) is 5.88 Å². The molecule has 0 bridgehead atoms. The van der Waals surface area contributed by atoms with E-state index in [1.54, 1.807) is 0 Å². The van der Waals surface area contributed by atoms with Crippen LogP contribution in [0.1, 0.15) is 52.5 Å². The third-order valence-electron chi connectivity index (χ3n) is 7.84. The van der Waals surface area contributed by atoms with Gasteiger partial charge in [-0.3, -0.25) is 0 Å². The Labute approximate surface area is 222 Å². The number of aromatic nitrogens is 2. The number of anilines is 1. The Morgan fingerprint density at radius 2 is 2.00 bits per heavy atom. The molecule has 1 aliphatic heterocycles. The van der Waals surface area contributed by atoms with Gasteiger partial charge in [-0.15, -0.1) is 0 Å². The highest BCUT2D eigenvalue weighted by Gasteiger charge is 2.49. The van der Waals surface area contributed by atoms with Gasteiger partial charge in [0.1, 0.15) is 27.9 Å². The lowest BCUT2D eigenvalue weighted by atomic mass is 9.67. The van der Waals surface area contributed by atoms with Gasteiger partial charge in [-0.05, 0) is 43.0 Å². The summed E-state index contributed by atoms with van der Waals surface area (Å²) in [4.78, 5) is 10.6. The fourth-order valence-corrected chi connectivity index (χ4v) is 5.47. The topological polar surface area (TPSA) is 94.4 Å². The minimum absolute atomic E-state index is 0.0479. The summed E-state index contributed by atoms with van der Waals surface area (Å²) in [6.07, 6.45) is 2.17. The fraction of sp³-hybridized carbons (Fsp3) is 0.500. The van der Waals surface area contributed by atoms with Crippen molar-refractivity contribution < 1.29 is 14.6 Å². The van der Waals surface area contributed by atoms with E-state index < -0.39 is 11.6 Å². The molecular formula is C28H38B2N4O3. The Hall–Kier alpha value is -2.95. The van der Waals surface area contributed by atoms with Crippen molar-refractivity contribution in [1.29, 1.82) is 5.26 Å². The van der Waals surface area contributed by atoms with Crippen molar-refractivity contribution in [1.82, 2.24) is 9.97 Å². The van der Waals surface area contributed by atoms with E-state index >= 15 is 0 Å². The average Bonchev–Trinajstić information content (AvgIpc) is 3.41. The predicted octanol–water partition coefficient (Wildman–Crippen LogP) is 2.50. The summed E-state index contributed by atoms with van der Waals surface area (Å²) in [6, 6.07) is 12.5. The number of nitriles is 1. The van der Waals surface area contributed by atoms with Crippen molar-refractivity contribution in [2.75, 3.05) is 24.6 Å². The second-order valence-corrected chi connectivity index (χ2v) is 10.4. The van der Waals surface area contributed by atoms with Crippen LogP contribution in [0, 0.1) is 17.2 Å². The van der Waals surface area contributed by atoms with E-state index in [1.807, 2.05) is 26.9 Å². The van der Waals surface area contributed by atoms with Crippen LogP contribution < -0.4 is 15.1 Å². The number of benzene rings is 1. The molecule has 2 unspecified atom stereocenters. The molecule has 2 aromatic heterocycles. The number of rotatable bonds is 10. The van der Waals surface area contributed by atoms with Gasteiger partial charge in [0, 0.05) is 30.8 Å². The van der Waals surface area contributed by atoms with Crippen molar-refractivity contribution >= 4 is 37.9 Å². The van der Waals surface area contributed by atoms with Crippen molar-refractivity contribution in [3.8, 4) is 23.2 Å². The summed E-state index contributed by atoms with van der Waals surface area (Å²) < 4.78 is 12.4. The number of aliphatic hydroxyl groups is 1. The molecule has 194 valence electrons. The SMILES string of the molecule is Bc1cc(N(CCC)CCC)ccc1-c1nc2cc(OC(CC)[C@@]3(B)OCC(O)[C@H]3C)[nH]c2cc1C#N. The second-order valence-electron chi connectivity index (χ2n) is 10.4. The van der Waals surface area contributed by atoms with Gasteiger partial charge in [0.2, 0.25) is 0 Å². The summed E-state index contributed by atoms with van der Waals surface area (Å²) in [6.45, 7) is 10.8. The largest absolute Gasteiger partial charge is 0.473 e. The van der Waals surface area contributed by atoms with Gasteiger partial charge in [0.15, 0.2) is 5.88 Å². The first-order valence-electron chi connectivity index (χ1n) is 13.5. The molecule has 3 heterocycles. The molecule has 4 atom stereocenters. The highest BCUT2D eigenvalue weighted by Crippen LogP contribution is 2.36. The number of hydrogen-bond acceptors (Lipinski definition) is 6. The number of aromatic amines is 1. The van der Waals surface area contributed by atoms with Gasteiger partial charge in [0.25, 0.3) is 0 Å². The van der Waals surface area contributed by atoms with Crippen molar-refractivity contribution in [3.63, 3.8) is 0 Å². The number of hydrogen-bond donors (Lipinski definition) is 2. The molecule has 1 saturated heterocycles. The molecule has 7 nitrogen and oxygen atoms in total. The molecule has 1 fully saturated rings. The number of aliphatic hydroxyl groups excluding tert-OH is 1. The number of nitrogens with one attached hydrogen (secondary N) is 1. The summed E-state index contributed by atoms with van der Waals surface area (Å²) in [5.41, 5.74) is 5.35. The molecule has 0 spiro atoms. The molecule has 37 heavy (non-hydrogen) atoms. The number of pyridine rings is 1. The van der Waals surface area contributed by atoms with E-state index in [2.05, 4.69) is 62.8 Å². The maximum atomic E-state index is 10.2. The zero-order valence-corrected chi connectivity index (χ0v) is 23.0. The zero-order chi connectivity index (χ0) is 26.7. The van der Waals surface area contributed by atoms with Gasteiger partial charge in [-0.25, -0.2) is 4.98 Å². The van der Waals surface area contributed by atoms with Gasteiger partial charge in [-0.2, -0.15) is 5.26 Å². The minimum atomic E-state index is -0.593. The first-order chi connectivity index (χ1) is 17.7. The number of H-pyrrole nitrogens is 1. The fourth-order valence-electron chi connectivity index (χ4n) is 5.47. The monoisotopic (exact) mass is 500 g/mol. The lowest BCUT2D eigenvalue weighted by molar-refractivity contribution is -0.0396. The lowest BCUT2D eigenvalue weighted by Gasteiger charge is -2.36. The Morgan fingerprint density at radius 3 is 2.57 bits per heavy atom. The Bertz CT molecular complexity index is 1280. The highest BCUT2D eigenvalue weighted by atomic mass is 16.6. The predicted molar refractivity (Wildman–Crippen MR) is 154 cm³/mol. The molecule has 2 N–H and O–H groups in total. The van der Waals surface area contributed by atoms with E-state index in [0.717, 1.165) is 54.4 Å². The summed E-state index contributed by atoms with van der Waals surface area (Å²) in [5, 5.41) is 20.2. The van der Waals surface area contributed by atoms with Crippen molar-refractivity contribution in [3.05, 3.63) is 35.9 Å². The van der Waals surface area contributed by atoms with Crippen LogP contribution in [0.3, 0.4) is 0 Å². The van der Waals surface area contributed by atoms with Crippen LogP contribution in [-0.2, 0) is 4.74 Å². The Balaban J connectivity index is 1.66. The van der Waals surface area contributed by atoms with Crippen LogP contribution in [-0.4, -0.2) is 68.2 Å². The van der Waals surface area contributed by atoms with Crippen LogP contribution in [0.25, 0.3) is 22.3 Å². The van der Waals surface area contributed by atoms with Gasteiger partial charge >= 0.3 is 0 Å². The van der Waals surface area contributed by atoms with Crippen LogP contribution in [0.15, 0.2) is 30.3 Å². The van der Waals surface area contributed by atoms with Gasteiger partial charge < -0.3 is 24.5 Å². The van der Waals surface area contributed by atoms with Crippen LogP contribution >= 0.6 is 0 Å². The smallest absolute Gasteiger partial charge is 0.193 e. The van der Waals surface area contributed by atoms with Gasteiger partial charge in [0.05, 0.1) is 40.5 Å². The van der Waals surface area contributed by atoms with E-state index in [1.165, 1.54) is 5.69 Å². The van der Waals surface area contributed by atoms with E-state index in [0.29, 0.717) is 23.7 Å². The van der Waals surface area contributed by atoms with E-state index in [4.69, 9.17) is 14.5 Å². The van der Waals surface area contributed by atoms with Gasteiger partial charge in [-0.1, -0.05) is 39.2 Å². The average molecular weight is 500 g/mol. The highest BCUT2D eigenvalue weighted by molar-refractivity contribution is 6.36. The Kier molecular flexibility index (Phi) is 8.20. The first-order valence-corrected chi connectivity index (χ1v) is 13.5. The van der Waals surface area contributed by atoms with Crippen molar-refractivity contribution in [2.24, 2.45) is 5.92 Å². The number of fused-ring (bicyclic) bond motifs is 1. The number of ether oxygens (including phenoxy) is 2. The molecule has 0 aliphatic carbocycles. The van der Waals surface area contributed by atoms with E-state index in [9.17, 15) is 10.4 Å². The summed E-state index contributed by atoms with van der Waals surface area (Å²) >= 11 is 0. The first kappa shape index (κ1) is 27.1. The standard InChI is InChI=1S/C28H38B2N4O3/c1-5-10-34(11-6-2)19-8-9-20(21(29)13-19)27-18(15-31)12-22-23(33-27)14-26(32-22)37-25(7-3)28(30)17(4)24(35)16-36-28/h8-9,12-14,17,24-25,32,35H,5-7,10-11,16,29-30H2,1-4H3/t17-,24?,25?,28+/m1/s1. The minimum Gasteiger partial charge on any atom is -0.473 e. The molecule has 1 aromatic carbocycles. The maximum absolute atomic E-state index is 10.2. The molecule has 0 amide bonds. The maximum Gasteiger partial charge on any atom is 0.193 e. The Morgan fingerprint density at radius 1 is 1.27 bits per heavy atom. The van der Waals surface area contributed by atoms with Crippen molar-refractivity contribution in [2.45, 2.75) is 64.7 Å². The normalized spacial score (nSPS) is 22.2. The molecule has 9 heteroatoms. The molecular weight excluding hydrogens is 462 g/mol. The number of nitrogens with zero attached hydrogens (tertiary/aromatic N) is 3. The summed E-state index contributed by atoms with van der Waals surface area (Å²) in [7, 11) is 4.08. The quantitative estimate of drug-likeness (QED) is 0.416. The second kappa shape index (κ2) is 11.2. The summed E-state index contributed by atoms with van der Waals surface area (Å²) in [5.74, 6) is 0.531. The van der Waals surface area contributed by atoms with E-state index in [-0.39, 0.29) is 12.0 Å². The third kappa shape index (κ3) is 5.23.